The monoisotopic (exact) mass is 326 g/mol. The SMILES string of the molecule is CCN1C(=O)c2ccccc2C(=O)[C@@]2(C)CN(C(=O)C3CC3)C[C@@H]12. The zero-order valence-corrected chi connectivity index (χ0v) is 14.1. The van der Waals surface area contributed by atoms with Crippen LogP contribution < -0.4 is 0 Å². The molecule has 0 aromatic heterocycles. The molecule has 1 aromatic rings. The first-order valence-electron chi connectivity index (χ1n) is 8.71. The van der Waals surface area contributed by atoms with Crippen LogP contribution in [0.3, 0.4) is 0 Å². The van der Waals surface area contributed by atoms with Crippen molar-refractivity contribution < 1.29 is 14.4 Å². The zero-order chi connectivity index (χ0) is 17.1. The summed E-state index contributed by atoms with van der Waals surface area (Å²) in [5.41, 5.74) is 0.245. The number of carbonyl (C=O) groups excluding carboxylic acids is 3. The second kappa shape index (κ2) is 5.16. The van der Waals surface area contributed by atoms with Gasteiger partial charge in [0.15, 0.2) is 5.78 Å². The first-order chi connectivity index (χ1) is 11.5. The van der Waals surface area contributed by atoms with Crippen LogP contribution in [0.5, 0.6) is 0 Å². The Kier molecular flexibility index (Phi) is 3.31. The number of Topliss-reactive ketones (excluding diaryl/α,β-unsaturated/α-hetero) is 1. The molecule has 0 spiro atoms. The highest BCUT2D eigenvalue weighted by Gasteiger charge is 2.56. The molecule has 126 valence electrons. The van der Waals surface area contributed by atoms with Crippen molar-refractivity contribution in [3.63, 3.8) is 0 Å². The summed E-state index contributed by atoms with van der Waals surface area (Å²) in [7, 11) is 0. The van der Waals surface area contributed by atoms with Crippen molar-refractivity contribution >= 4 is 17.6 Å². The summed E-state index contributed by atoms with van der Waals surface area (Å²) < 4.78 is 0. The molecule has 1 aliphatic carbocycles. The third kappa shape index (κ3) is 2.03. The highest BCUT2D eigenvalue weighted by molar-refractivity contribution is 6.12. The second-order valence-electron chi connectivity index (χ2n) is 7.39. The minimum absolute atomic E-state index is 0.0153. The maximum atomic E-state index is 13.3. The van der Waals surface area contributed by atoms with E-state index < -0.39 is 5.41 Å². The van der Waals surface area contributed by atoms with Gasteiger partial charge in [0.1, 0.15) is 0 Å². The van der Waals surface area contributed by atoms with Crippen molar-refractivity contribution in [2.75, 3.05) is 19.6 Å². The fourth-order valence-electron chi connectivity index (χ4n) is 4.23. The summed E-state index contributed by atoms with van der Waals surface area (Å²) in [6.45, 7) is 5.25. The Hall–Kier alpha value is -2.17. The summed E-state index contributed by atoms with van der Waals surface area (Å²) in [4.78, 5) is 42.4. The molecule has 24 heavy (non-hydrogen) atoms. The molecule has 2 amide bonds. The van der Waals surface area contributed by atoms with E-state index in [1.54, 1.807) is 29.2 Å². The lowest BCUT2D eigenvalue weighted by Gasteiger charge is -2.34. The van der Waals surface area contributed by atoms with E-state index in [0.717, 1.165) is 12.8 Å². The van der Waals surface area contributed by atoms with Crippen molar-refractivity contribution in [2.24, 2.45) is 11.3 Å². The van der Waals surface area contributed by atoms with Gasteiger partial charge >= 0.3 is 0 Å². The molecule has 2 heterocycles. The summed E-state index contributed by atoms with van der Waals surface area (Å²) >= 11 is 0. The van der Waals surface area contributed by atoms with Crippen LogP contribution in [0.1, 0.15) is 47.4 Å². The predicted molar refractivity (Wildman–Crippen MR) is 88.7 cm³/mol. The molecular weight excluding hydrogens is 304 g/mol. The van der Waals surface area contributed by atoms with Crippen molar-refractivity contribution in [3.8, 4) is 0 Å². The van der Waals surface area contributed by atoms with E-state index in [0.29, 0.717) is 30.8 Å². The number of amides is 2. The van der Waals surface area contributed by atoms with Gasteiger partial charge in [0.25, 0.3) is 5.91 Å². The molecular formula is C19H22N2O3. The molecule has 2 fully saturated rings. The Balaban J connectivity index is 1.79. The highest BCUT2D eigenvalue weighted by Crippen LogP contribution is 2.43. The Morgan fingerprint density at radius 1 is 1.21 bits per heavy atom. The van der Waals surface area contributed by atoms with Crippen LogP contribution in [0.4, 0.5) is 0 Å². The molecule has 2 aliphatic heterocycles. The van der Waals surface area contributed by atoms with Gasteiger partial charge in [-0.05, 0) is 32.8 Å². The standard InChI is InChI=1S/C19H22N2O3/c1-3-21-15-10-20(17(23)12-8-9-12)11-19(15,2)16(22)13-6-4-5-7-14(13)18(21)24/h4-7,12,15H,3,8-11H2,1-2H3/t15-,19+/m1/s1. The topological polar surface area (TPSA) is 57.7 Å². The lowest BCUT2D eigenvalue weighted by molar-refractivity contribution is -0.131. The number of likely N-dealkylation sites (N-methyl/N-ethyl adjacent to an activating group) is 1. The van der Waals surface area contributed by atoms with Crippen molar-refractivity contribution in [3.05, 3.63) is 35.4 Å². The number of benzene rings is 1. The Labute approximate surface area is 141 Å². The first kappa shape index (κ1) is 15.4. The van der Waals surface area contributed by atoms with Gasteiger partial charge in [-0.25, -0.2) is 0 Å². The Bertz CT molecular complexity index is 740. The van der Waals surface area contributed by atoms with Crippen molar-refractivity contribution in [1.29, 1.82) is 0 Å². The van der Waals surface area contributed by atoms with E-state index in [2.05, 4.69) is 0 Å². The predicted octanol–water partition coefficient (Wildman–Crippen LogP) is 1.97. The summed E-state index contributed by atoms with van der Waals surface area (Å²) in [5.74, 6) is 0.160. The van der Waals surface area contributed by atoms with E-state index in [4.69, 9.17) is 0 Å². The number of fused-ring (bicyclic) bond motifs is 2. The molecule has 0 radical (unpaired) electrons. The van der Waals surface area contributed by atoms with Crippen LogP contribution in [0.2, 0.25) is 0 Å². The molecule has 4 rings (SSSR count). The lowest BCUT2D eigenvalue weighted by Crippen LogP contribution is -2.49. The highest BCUT2D eigenvalue weighted by atomic mass is 16.2. The molecule has 1 saturated heterocycles. The van der Waals surface area contributed by atoms with Crippen molar-refractivity contribution in [2.45, 2.75) is 32.7 Å². The molecule has 1 saturated carbocycles. The van der Waals surface area contributed by atoms with Crippen LogP contribution in [-0.4, -0.2) is 53.1 Å². The molecule has 5 heteroatoms. The molecule has 0 N–H and O–H groups in total. The van der Waals surface area contributed by atoms with E-state index in [-0.39, 0.29) is 29.6 Å². The number of hydrogen-bond acceptors (Lipinski definition) is 3. The van der Waals surface area contributed by atoms with Gasteiger partial charge in [-0.15, -0.1) is 0 Å². The third-order valence-corrected chi connectivity index (χ3v) is 5.78. The van der Waals surface area contributed by atoms with Crippen LogP contribution in [-0.2, 0) is 4.79 Å². The third-order valence-electron chi connectivity index (χ3n) is 5.78. The van der Waals surface area contributed by atoms with Crippen LogP contribution in [0.25, 0.3) is 0 Å². The zero-order valence-electron chi connectivity index (χ0n) is 14.1. The van der Waals surface area contributed by atoms with Gasteiger partial charge in [0.2, 0.25) is 5.91 Å². The maximum Gasteiger partial charge on any atom is 0.254 e. The summed E-state index contributed by atoms with van der Waals surface area (Å²) in [6.07, 6.45) is 1.90. The molecule has 5 nitrogen and oxygen atoms in total. The fourth-order valence-corrected chi connectivity index (χ4v) is 4.23. The largest absolute Gasteiger partial charge is 0.339 e. The van der Waals surface area contributed by atoms with Gasteiger partial charge in [0.05, 0.1) is 17.0 Å². The number of carbonyl (C=O) groups is 3. The fraction of sp³-hybridized carbons (Fsp3) is 0.526. The minimum atomic E-state index is -0.733. The van der Waals surface area contributed by atoms with Gasteiger partial charge in [-0.3, -0.25) is 14.4 Å². The van der Waals surface area contributed by atoms with E-state index in [9.17, 15) is 14.4 Å². The lowest BCUT2D eigenvalue weighted by atomic mass is 9.78. The van der Waals surface area contributed by atoms with E-state index in [1.807, 2.05) is 18.7 Å². The molecule has 3 aliphatic rings. The molecule has 2 atom stereocenters. The van der Waals surface area contributed by atoms with Gasteiger partial charge < -0.3 is 9.80 Å². The van der Waals surface area contributed by atoms with Crippen molar-refractivity contribution in [1.82, 2.24) is 9.80 Å². The van der Waals surface area contributed by atoms with Crippen LogP contribution >= 0.6 is 0 Å². The minimum Gasteiger partial charge on any atom is -0.339 e. The summed E-state index contributed by atoms with van der Waals surface area (Å²) in [6, 6.07) is 6.81. The van der Waals surface area contributed by atoms with Gasteiger partial charge in [-0.2, -0.15) is 0 Å². The number of rotatable bonds is 2. The molecule has 1 aromatic carbocycles. The van der Waals surface area contributed by atoms with Crippen LogP contribution in [0.15, 0.2) is 24.3 Å². The summed E-state index contributed by atoms with van der Waals surface area (Å²) in [5, 5.41) is 0. The number of nitrogens with zero attached hydrogens (tertiary/aromatic N) is 2. The molecule has 0 unspecified atom stereocenters. The van der Waals surface area contributed by atoms with E-state index in [1.165, 1.54) is 0 Å². The number of hydrogen-bond donors (Lipinski definition) is 0. The first-order valence-corrected chi connectivity index (χ1v) is 8.71. The smallest absolute Gasteiger partial charge is 0.254 e. The normalized spacial score (nSPS) is 29.3. The second-order valence-corrected chi connectivity index (χ2v) is 7.39. The maximum absolute atomic E-state index is 13.3. The van der Waals surface area contributed by atoms with E-state index >= 15 is 0 Å². The van der Waals surface area contributed by atoms with Gasteiger partial charge in [-0.1, -0.05) is 18.2 Å². The van der Waals surface area contributed by atoms with Crippen LogP contribution in [0, 0.1) is 11.3 Å². The average Bonchev–Trinajstić information content (AvgIpc) is 3.38. The average molecular weight is 326 g/mol. The molecule has 0 bridgehead atoms. The van der Waals surface area contributed by atoms with Gasteiger partial charge in [0, 0.05) is 31.1 Å². The number of likely N-dealkylation sites (tertiary alicyclic amines) is 1. The Morgan fingerprint density at radius 3 is 2.50 bits per heavy atom. The Morgan fingerprint density at radius 2 is 1.88 bits per heavy atom. The quantitative estimate of drug-likeness (QED) is 0.835. The number of ketones is 1.